The lowest BCUT2D eigenvalue weighted by Crippen LogP contribution is -2.09. The summed E-state index contributed by atoms with van der Waals surface area (Å²) in [6.45, 7) is 1.28. The molecule has 4 nitrogen and oxygen atoms in total. The molecule has 0 unspecified atom stereocenters. The molecule has 0 radical (unpaired) electrons. The minimum atomic E-state index is 0.0340. The average molecular weight is 291 g/mol. The highest BCUT2D eigenvalue weighted by Gasteiger charge is 2.02. The third-order valence-electron chi connectivity index (χ3n) is 1.86. The Morgan fingerprint density at radius 2 is 2.06 bits per heavy atom. The molecule has 1 aromatic rings. The number of hydrogen-bond donors (Lipinski definition) is 1. The van der Waals surface area contributed by atoms with Crippen LogP contribution in [0.15, 0.2) is 22.7 Å². The van der Waals surface area contributed by atoms with Crippen LogP contribution >= 0.6 is 15.9 Å². The van der Waals surface area contributed by atoms with Crippen LogP contribution in [0.2, 0.25) is 0 Å². The lowest BCUT2D eigenvalue weighted by Gasteiger charge is -2.09. The van der Waals surface area contributed by atoms with E-state index in [1.165, 1.54) is 0 Å². The van der Waals surface area contributed by atoms with Crippen molar-refractivity contribution in [3.8, 4) is 11.5 Å². The summed E-state index contributed by atoms with van der Waals surface area (Å²) in [5, 5.41) is 8.50. The fourth-order valence-corrected chi connectivity index (χ4v) is 1.58. The molecule has 0 spiro atoms. The third-order valence-corrected chi connectivity index (χ3v) is 2.48. The van der Waals surface area contributed by atoms with E-state index in [0.717, 1.165) is 16.0 Å². The number of aliphatic hydroxyl groups excluding tert-OH is 1. The van der Waals surface area contributed by atoms with Crippen LogP contribution < -0.4 is 9.47 Å². The van der Waals surface area contributed by atoms with Gasteiger partial charge in [0, 0.05) is 0 Å². The molecule has 0 heterocycles. The van der Waals surface area contributed by atoms with Crippen LogP contribution in [0, 0.1) is 0 Å². The quantitative estimate of drug-likeness (QED) is 0.779. The molecule has 0 bridgehead atoms. The van der Waals surface area contributed by atoms with Crippen molar-refractivity contribution < 1.29 is 19.3 Å². The van der Waals surface area contributed by atoms with Crippen molar-refractivity contribution in [3.05, 3.63) is 22.7 Å². The summed E-state index contributed by atoms with van der Waals surface area (Å²) in [5.41, 5.74) is 0. The highest BCUT2D eigenvalue weighted by Crippen LogP contribution is 2.28. The summed E-state index contributed by atoms with van der Waals surface area (Å²) in [6.07, 6.45) is 0. The van der Waals surface area contributed by atoms with Gasteiger partial charge in [-0.15, -0.1) is 0 Å². The molecular weight excluding hydrogens is 276 g/mol. The zero-order chi connectivity index (χ0) is 11.8. The van der Waals surface area contributed by atoms with Crippen molar-refractivity contribution in [2.24, 2.45) is 0 Å². The van der Waals surface area contributed by atoms with Crippen LogP contribution in [0.25, 0.3) is 0 Å². The molecule has 1 aromatic carbocycles. The van der Waals surface area contributed by atoms with Crippen LogP contribution in [0.3, 0.4) is 0 Å². The monoisotopic (exact) mass is 290 g/mol. The van der Waals surface area contributed by atoms with Crippen molar-refractivity contribution >= 4 is 15.9 Å². The molecule has 5 heteroatoms. The Morgan fingerprint density at radius 1 is 1.25 bits per heavy atom. The van der Waals surface area contributed by atoms with E-state index in [1.807, 2.05) is 18.2 Å². The molecule has 0 saturated heterocycles. The molecule has 0 fully saturated rings. The SMILES string of the molecule is COc1ccc(OCCOCCO)c(Br)c1. The van der Waals surface area contributed by atoms with Gasteiger partial charge in [0.15, 0.2) is 0 Å². The molecule has 1 rings (SSSR count). The smallest absolute Gasteiger partial charge is 0.133 e. The van der Waals surface area contributed by atoms with Crippen molar-refractivity contribution in [2.75, 3.05) is 33.5 Å². The van der Waals surface area contributed by atoms with Crippen LogP contribution in [-0.4, -0.2) is 38.6 Å². The molecule has 1 N–H and O–H groups in total. The molecular formula is C11H15BrO4. The Balaban J connectivity index is 2.36. The first kappa shape index (κ1) is 13.3. The van der Waals surface area contributed by atoms with Crippen molar-refractivity contribution in [1.82, 2.24) is 0 Å². The number of ether oxygens (including phenoxy) is 3. The van der Waals surface area contributed by atoms with Crippen LogP contribution in [0.1, 0.15) is 0 Å². The summed E-state index contributed by atoms with van der Waals surface area (Å²) >= 11 is 3.38. The Bertz CT molecular complexity index is 317. The highest BCUT2D eigenvalue weighted by molar-refractivity contribution is 9.10. The Hall–Kier alpha value is -0.780. The van der Waals surface area contributed by atoms with Crippen LogP contribution in [0.4, 0.5) is 0 Å². The molecule has 0 aliphatic rings. The minimum Gasteiger partial charge on any atom is -0.497 e. The van der Waals surface area contributed by atoms with Crippen molar-refractivity contribution in [2.45, 2.75) is 0 Å². The van der Waals surface area contributed by atoms with E-state index in [4.69, 9.17) is 19.3 Å². The van der Waals surface area contributed by atoms with E-state index in [1.54, 1.807) is 7.11 Å². The average Bonchev–Trinajstić information content (AvgIpc) is 2.30. The van der Waals surface area contributed by atoms with Gasteiger partial charge in [0.1, 0.15) is 18.1 Å². The fourth-order valence-electron chi connectivity index (χ4n) is 1.10. The van der Waals surface area contributed by atoms with Gasteiger partial charge in [-0.05, 0) is 34.1 Å². The molecule has 0 saturated carbocycles. The maximum absolute atomic E-state index is 8.50. The van der Waals surface area contributed by atoms with Gasteiger partial charge in [-0.2, -0.15) is 0 Å². The molecule has 0 aliphatic heterocycles. The number of benzene rings is 1. The molecule has 0 atom stereocenters. The Morgan fingerprint density at radius 3 is 2.69 bits per heavy atom. The van der Waals surface area contributed by atoms with E-state index < -0.39 is 0 Å². The van der Waals surface area contributed by atoms with Gasteiger partial charge in [-0.1, -0.05) is 0 Å². The normalized spacial score (nSPS) is 10.2. The van der Waals surface area contributed by atoms with Gasteiger partial charge in [-0.25, -0.2) is 0 Å². The zero-order valence-electron chi connectivity index (χ0n) is 9.11. The number of aliphatic hydroxyl groups is 1. The largest absolute Gasteiger partial charge is 0.497 e. The molecule has 0 aromatic heterocycles. The first-order chi connectivity index (χ1) is 7.77. The first-order valence-electron chi connectivity index (χ1n) is 4.93. The van der Waals surface area contributed by atoms with Crippen LogP contribution in [0.5, 0.6) is 11.5 Å². The van der Waals surface area contributed by atoms with Gasteiger partial charge in [-0.3, -0.25) is 0 Å². The van der Waals surface area contributed by atoms with Crippen molar-refractivity contribution in [1.29, 1.82) is 0 Å². The molecule has 0 amide bonds. The topological polar surface area (TPSA) is 47.9 Å². The van der Waals surface area contributed by atoms with Crippen LogP contribution in [-0.2, 0) is 4.74 Å². The predicted octanol–water partition coefficient (Wildman–Crippen LogP) is 1.85. The van der Waals surface area contributed by atoms with Gasteiger partial charge >= 0.3 is 0 Å². The van der Waals surface area contributed by atoms with Gasteiger partial charge in [0.2, 0.25) is 0 Å². The van der Waals surface area contributed by atoms with Crippen molar-refractivity contribution in [3.63, 3.8) is 0 Å². The number of halogens is 1. The lowest BCUT2D eigenvalue weighted by molar-refractivity contribution is 0.0703. The van der Waals surface area contributed by atoms with Gasteiger partial charge in [0.05, 0.1) is 31.4 Å². The zero-order valence-corrected chi connectivity index (χ0v) is 10.7. The van der Waals surface area contributed by atoms with E-state index in [-0.39, 0.29) is 6.61 Å². The Kier molecular flexibility index (Phi) is 6.22. The van der Waals surface area contributed by atoms with E-state index in [2.05, 4.69) is 15.9 Å². The molecule has 16 heavy (non-hydrogen) atoms. The number of methoxy groups -OCH3 is 1. The summed E-state index contributed by atoms with van der Waals surface area (Å²) in [6, 6.07) is 5.49. The van der Waals surface area contributed by atoms with E-state index in [9.17, 15) is 0 Å². The second-order valence-electron chi connectivity index (χ2n) is 2.98. The Labute approximate surface area is 103 Å². The first-order valence-corrected chi connectivity index (χ1v) is 5.72. The van der Waals surface area contributed by atoms with Gasteiger partial charge < -0.3 is 19.3 Å². The summed E-state index contributed by atoms with van der Waals surface area (Å²) < 4.78 is 16.5. The standard InChI is InChI=1S/C11H15BrO4/c1-14-9-2-3-11(10(12)8-9)16-7-6-15-5-4-13/h2-3,8,13H,4-7H2,1H3. The third kappa shape index (κ3) is 4.38. The molecule has 0 aliphatic carbocycles. The lowest BCUT2D eigenvalue weighted by atomic mass is 10.3. The van der Waals surface area contributed by atoms with Gasteiger partial charge in [0.25, 0.3) is 0 Å². The maximum Gasteiger partial charge on any atom is 0.133 e. The predicted molar refractivity (Wildman–Crippen MR) is 64.1 cm³/mol. The summed E-state index contributed by atoms with van der Waals surface area (Å²) in [7, 11) is 1.62. The summed E-state index contributed by atoms with van der Waals surface area (Å²) in [5.74, 6) is 1.52. The number of hydrogen-bond acceptors (Lipinski definition) is 4. The second-order valence-corrected chi connectivity index (χ2v) is 3.84. The maximum atomic E-state index is 8.50. The summed E-state index contributed by atoms with van der Waals surface area (Å²) in [4.78, 5) is 0. The number of rotatable bonds is 7. The highest BCUT2D eigenvalue weighted by atomic mass is 79.9. The van der Waals surface area contributed by atoms with E-state index in [0.29, 0.717) is 19.8 Å². The molecule has 90 valence electrons. The fraction of sp³-hybridized carbons (Fsp3) is 0.455. The van der Waals surface area contributed by atoms with E-state index >= 15 is 0 Å². The second kappa shape index (κ2) is 7.49. The minimum absolute atomic E-state index is 0.0340.